The minimum absolute atomic E-state index is 0.135. The van der Waals surface area contributed by atoms with Crippen LogP contribution in [0.15, 0.2) is 36.4 Å². The molecular formula is C22H28F3N3O3S. The number of piperidine rings is 1. The molecule has 2 aromatic rings. The molecule has 0 amide bonds. The van der Waals surface area contributed by atoms with Gasteiger partial charge in [0.2, 0.25) is 15.9 Å². The molecule has 176 valence electrons. The Labute approximate surface area is 186 Å². The summed E-state index contributed by atoms with van der Waals surface area (Å²) in [6, 6.07) is 7.71. The van der Waals surface area contributed by atoms with Gasteiger partial charge >= 0.3 is 6.18 Å². The predicted molar refractivity (Wildman–Crippen MR) is 116 cm³/mol. The highest BCUT2D eigenvalue weighted by Crippen LogP contribution is 2.35. The quantitative estimate of drug-likeness (QED) is 0.663. The number of benzene rings is 1. The Morgan fingerprint density at radius 2 is 1.78 bits per heavy atom. The summed E-state index contributed by atoms with van der Waals surface area (Å²) in [7, 11) is -2.39. The molecule has 1 atom stereocenters. The zero-order chi connectivity index (χ0) is 23.5. The van der Waals surface area contributed by atoms with E-state index in [4.69, 9.17) is 4.74 Å². The monoisotopic (exact) mass is 471 g/mol. The molecule has 3 rings (SSSR count). The SMILES string of the molecule is COc1nc(C)ccc1C1CCN(Cc2ccc([C@H](NS(C)(=O)=O)C(F)(F)F)cc2)CC1. The van der Waals surface area contributed by atoms with Crippen LogP contribution in [-0.4, -0.2) is 50.9 Å². The van der Waals surface area contributed by atoms with E-state index in [0.29, 0.717) is 24.6 Å². The van der Waals surface area contributed by atoms with Crippen molar-refractivity contribution in [2.75, 3.05) is 26.5 Å². The summed E-state index contributed by atoms with van der Waals surface area (Å²) in [5, 5.41) is 0. The van der Waals surface area contributed by atoms with Crippen LogP contribution in [0, 0.1) is 6.92 Å². The summed E-state index contributed by atoms with van der Waals surface area (Å²) < 4.78 is 69.7. The fraction of sp³-hybridized carbons (Fsp3) is 0.500. The Bertz CT molecular complexity index is 1020. The Balaban J connectivity index is 1.62. The van der Waals surface area contributed by atoms with Gasteiger partial charge in [0.25, 0.3) is 0 Å². The summed E-state index contributed by atoms with van der Waals surface area (Å²) in [4.78, 5) is 6.72. The molecule has 1 fully saturated rings. The first-order valence-electron chi connectivity index (χ1n) is 10.3. The summed E-state index contributed by atoms with van der Waals surface area (Å²) in [5.74, 6) is 1.02. The number of pyridine rings is 1. The van der Waals surface area contributed by atoms with E-state index in [2.05, 4.69) is 16.0 Å². The van der Waals surface area contributed by atoms with Crippen LogP contribution in [0.4, 0.5) is 13.2 Å². The maximum atomic E-state index is 13.3. The van der Waals surface area contributed by atoms with Gasteiger partial charge in [-0.05, 0) is 56.0 Å². The smallest absolute Gasteiger partial charge is 0.408 e. The lowest BCUT2D eigenvalue weighted by Gasteiger charge is -2.32. The van der Waals surface area contributed by atoms with Crippen molar-refractivity contribution in [3.63, 3.8) is 0 Å². The molecule has 0 spiro atoms. The molecule has 6 nitrogen and oxygen atoms in total. The van der Waals surface area contributed by atoms with Gasteiger partial charge in [0.05, 0.1) is 13.4 Å². The minimum Gasteiger partial charge on any atom is -0.481 e. The van der Waals surface area contributed by atoms with Crippen LogP contribution in [-0.2, 0) is 16.6 Å². The second-order valence-electron chi connectivity index (χ2n) is 8.21. The summed E-state index contributed by atoms with van der Waals surface area (Å²) in [6.07, 6.45) is -2.13. The fourth-order valence-electron chi connectivity index (χ4n) is 4.03. The second-order valence-corrected chi connectivity index (χ2v) is 9.99. The van der Waals surface area contributed by atoms with Gasteiger partial charge in [0, 0.05) is 17.8 Å². The van der Waals surface area contributed by atoms with E-state index < -0.39 is 22.2 Å². The molecule has 1 aromatic heterocycles. The molecule has 0 bridgehead atoms. The standard InChI is InChI=1S/C22H28F3N3O3S/c1-15-4-9-19(21(26-15)31-2)17-10-12-28(13-11-17)14-16-5-7-18(8-6-16)20(22(23,24)25)27-32(3,29)30/h4-9,17,20,27H,10-14H2,1-3H3/t20-/m0/s1. The van der Waals surface area contributed by atoms with Crippen molar-refractivity contribution >= 4 is 10.0 Å². The van der Waals surface area contributed by atoms with Gasteiger partial charge in [-0.15, -0.1) is 0 Å². The van der Waals surface area contributed by atoms with E-state index in [9.17, 15) is 21.6 Å². The van der Waals surface area contributed by atoms with Gasteiger partial charge in [-0.25, -0.2) is 13.4 Å². The highest BCUT2D eigenvalue weighted by atomic mass is 32.2. The molecule has 0 radical (unpaired) electrons. The van der Waals surface area contributed by atoms with E-state index in [1.807, 2.05) is 13.0 Å². The molecule has 1 saturated heterocycles. The molecule has 1 aliphatic heterocycles. The van der Waals surface area contributed by atoms with Crippen molar-refractivity contribution in [3.05, 3.63) is 58.8 Å². The second kappa shape index (κ2) is 9.76. The topological polar surface area (TPSA) is 71.5 Å². The third-order valence-electron chi connectivity index (χ3n) is 5.63. The number of ether oxygens (including phenoxy) is 1. The van der Waals surface area contributed by atoms with Crippen LogP contribution in [0.2, 0.25) is 0 Å². The first-order chi connectivity index (χ1) is 15.0. The Hall–Kier alpha value is -2.17. The molecular weight excluding hydrogens is 443 g/mol. The number of aromatic nitrogens is 1. The number of alkyl halides is 3. The van der Waals surface area contributed by atoms with Crippen molar-refractivity contribution < 1.29 is 26.3 Å². The number of methoxy groups -OCH3 is 1. The zero-order valence-corrected chi connectivity index (χ0v) is 19.1. The van der Waals surface area contributed by atoms with E-state index in [0.717, 1.165) is 42.8 Å². The lowest BCUT2D eigenvalue weighted by Crippen LogP contribution is -2.37. The lowest BCUT2D eigenvalue weighted by atomic mass is 9.89. The Morgan fingerprint density at radius 3 is 2.31 bits per heavy atom. The number of likely N-dealkylation sites (tertiary alicyclic amines) is 1. The number of nitrogens with zero attached hydrogens (tertiary/aromatic N) is 2. The fourth-order valence-corrected chi connectivity index (χ4v) is 4.73. The first-order valence-corrected chi connectivity index (χ1v) is 12.2. The van der Waals surface area contributed by atoms with E-state index in [-0.39, 0.29) is 5.56 Å². The number of sulfonamides is 1. The summed E-state index contributed by atoms with van der Waals surface area (Å²) in [5.41, 5.74) is 2.76. The molecule has 0 unspecified atom stereocenters. The summed E-state index contributed by atoms with van der Waals surface area (Å²) in [6.45, 7) is 4.25. The number of hydrogen-bond donors (Lipinski definition) is 1. The number of halogens is 3. The highest BCUT2D eigenvalue weighted by Gasteiger charge is 2.42. The Morgan fingerprint density at radius 1 is 1.16 bits per heavy atom. The van der Waals surface area contributed by atoms with Crippen molar-refractivity contribution in [1.82, 2.24) is 14.6 Å². The van der Waals surface area contributed by atoms with Gasteiger partial charge in [-0.2, -0.15) is 17.9 Å². The van der Waals surface area contributed by atoms with Crippen LogP contribution in [0.1, 0.15) is 47.2 Å². The van der Waals surface area contributed by atoms with Crippen molar-refractivity contribution in [2.24, 2.45) is 0 Å². The number of hydrogen-bond acceptors (Lipinski definition) is 5. The molecule has 1 N–H and O–H groups in total. The average Bonchev–Trinajstić information content (AvgIpc) is 2.72. The molecule has 32 heavy (non-hydrogen) atoms. The van der Waals surface area contributed by atoms with E-state index in [1.54, 1.807) is 24.0 Å². The Kier molecular flexibility index (Phi) is 7.46. The van der Waals surface area contributed by atoms with Crippen molar-refractivity contribution in [1.29, 1.82) is 0 Å². The minimum atomic E-state index is -4.72. The predicted octanol–water partition coefficient (Wildman–Crippen LogP) is 3.93. The van der Waals surface area contributed by atoms with Crippen molar-refractivity contribution in [3.8, 4) is 5.88 Å². The van der Waals surface area contributed by atoms with E-state index in [1.165, 1.54) is 12.1 Å². The van der Waals surface area contributed by atoms with Crippen LogP contribution >= 0.6 is 0 Å². The normalized spacial score (nSPS) is 17.3. The van der Waals surface area contributed by atoms with Gasteiger partial charge in [-0.1, -0.05) is 30.3 Å². The van der Waals surface area contributed by atoms with E-state index >= 15 is 0 Å². The number of aryl methyl sites for hydroxylation is 1. The maximum absolute atomic E-state index is 13.3. The molecule has 0 saturated carbocycles. The third kappa shape index (κ3) is 6.43. The molecule has 10 heteroatoms. The average molecular weight is 472 g/mol. The molecule has 1 aliphatic rings. The van der Waals surface area contributed by atoms with Crippen LogP contribution in [0.3, 0.4) is 0 Å². The van der Waals surface area contributed by atoms with Gasteiger partial charge < -0.3 is 4.74 Å². The molecule has 2 heterocycles. The van der Waals surface area contributed by atoms with Crippen molar-refractivity contribution in [2.45, 2.75) is 44.4 Å². The zero-order valence-electron chi connectivity index (χ0n) is 18.3. The van der Waals surface area contributed by atoms with Gasteiger partial charge in [0.1, 0.15) is 6.04 Å². The number of nitrogens with one attached hydrogen (secondary N) is 1. The highest BCUT2D eigenvalue weighted by molar-refractivity contribution is 7.88. The van der Waals surface area contributed by atoms with Gasteiger partial charge in [-0.3, -0.25) is 4.90 Å². The van der Waals surface area contributed by atoms with Gasteiger partial charge in [0.15, 0.2) is 0 Å². The third-order valence-corrected chi connectivity index (χ3v) is 6.29. The lowest BCUT2D eigenvalue weighted by molar-refractivity contribution is -0.153. The maximum Gasteiger partial charge on any atom is 0.408 e. The largest absolute Gasteiger partial charge is 0.481 e. The number of rotatable bonds is 7. The first kappa shape index (κ1) is 24.5. The summed E-state index contributed by atoms with van der Waals surface area (Å²) >= 11 is 0. The molecule has 1 aromatic carbocycles. The van der Waals surface area contributed by atoms with Crippen LogP contribution < -0.4 is 9.46 Å². The van der Waals surface area contributed by atoms with Crippen LogP contribution in [0.5, 0.6) is 5.88 Å². The van der Waals surface area contributed by atoms with Crippen LogP contribution in [0.25, 0.3) is 0 Å². The molecule has 0 aliphatic carbocycles.